The van der Waals surface area contributed by atoms with Gasteiger partial charge in [0.05, 0.1) is 19.5 Å². The van der Waals surface area contributed by atoms with Crippen LogP contribution >= 0.6 is 11.8 Å². The molecule has 9 heteroatoms. The Morgan fingerprint density at radius 2 is 1.53 bits per heavy atom. The molecule has 0 unspecified atom stereocenters. The minimum Gasteiger partial charge on any atom is -0.497 e. The van der Waals surface area contributed by atoms with Crippen LogP contribution in [-0.4, -0.2) is 40.1 Å². The number of rotatable bonds is 11. The number of ether oxygens (including phenoxy) is 3. The summed E-state index contributed by atoms with van der Waals surface area (Å²) in [5.41, 5.74) is 2.71. The standard InChI is InChI=1S/C27H28N4O4S/c1-4-34-23-13-7-20(8-14-23)28-26(32)18-36-27-30-29-25(17-35-24-11-5-19(2)6-12-24)31(27)21-9-15-22(33-3)16-10-21/h5-16H,4,17-18H2,1-3H3,(H,28,32). The highest BCUT2D eigenvalue weighted by Gasteiger charge is 2.17. The fraction of sp³-hybridized carbons (Fsp3) is 0.222. The Morgan fingerprint density at radius 1 is 0.889 bits per heavy atom. The zero-order valence-electron chi connectivity index (χ0n) is 20.4. The van der Waals surface area contributed by atoms with Crippen LogP contribution in [0.3, 0.4) is 0 Å². The number of nitrogens with one attached hydrogen (secondary N) is 1. The van der Waals surface area contributed by atoms with E-state index in [9.17, 15) is 4.79 Å². The summed E-state index contributed by atoms with van der Waals surface area (Å²) in [7, 11) is 1.62. The smallest absolute Gasteiger partial charge is 0.234 e. The summed E-state index contributed by atoms with van der Waals surface area (Å²) in [6.45, 7) is 4.77. The highest BCUT2D eigenvalue weighted by Crippen LogP contribution is 2.25. The number of hydrogen-bond donors (Lipinski definition) is 1. The van der Waals surface area contributed by atoms with Crippen LogP contribution < -0.4 is 19.5 Å². The van der Waals surface area contributed by atoms with E-state index < -0.39 is 0 Å². The number of amides is 1. The van der Waals surface area contributed by atoms with Gasteiger partial charge >= 0.3 is 0 Å². The van der Waals surface area contributed by atoms with Crippen molar-refractivity contribution in [2.75, 3.05) is 24.8 Å². The van der Waals surface area contributed by atoms with Gasteiger partial charge in [-0.2, -0.15) is 0 Å². The zero-order chi connectivity index (χ0) is 25.3. The van der Waals surface area contributed by atoms with Gasteiger partial charge in [-0.15, -0.1) is 10.2 Å². The molecule has 1 N–H and O–H groups in total. The number of benzene rings is 3. The number of aryl methyl sites for hydroxylation is 1. The molecule has 0 radical (unpaired) electrons. The predicted molar refractivity (Wildman–Crippen MR) is 140 cm³/mol. The highest BCUT2D eigenvalue weighted by atomic mass is 32.2. The minimum absolute atomic E-state index is 0.147. The third kappa shape index (κ3) is 6.57. The number of carbonyl (C=O) groups excluding carboxylic acids is 1. The average molecular weight is 505 g/mol. The summed E-state index contributed by atoms with van der Waals surface area (Å²) in [6, 6.07) is 22.7. The Kier molecular flexibility index (Phi) is 8.46. The SMILES string of the molecule is CCOc1ccc(NC(=O)CSc2nnc(COc3ccc(C)cc3)n2-c2ccc(OC)cc2)cc1. The molecule has 1 amide bonds. The van der Waals surface area contributed by atoms with Crippen LogP contribution in [0.2, 0.25) is 0 Å². The van der Waals surface area contributed by atoms with E-state index in [0.717, 1.165) is 28.5 Å². The molecule has 4 rings (SSSR count). The maximum Gasteiger partial charge on any atom is 0.234 e. The first kappa shape index (κ1) is 25.1. The monoisotopic (exact) mass is 504 g/mol. The number of anilines is 1. The fourth-order valence-corrected chi connectivity index (χ4v) is 4.16. The molecular weight excluding hydrogens is 476 g/mol. The lowest BCUT2D eigenvalue weighted by atomic mass is 10.2. The third-order valence-corrected chi connectivity index (χ3v) is 6.13. The maximum absolute atomic E-state index is 12.6. The van der Waals surface area contributed by atoms with E-state index >= 15 is 0 Å². The van der Waals surface area contributed by atoms with Crippen LogP contribution in [0.5, 0.6) is 17.2 Å². The molecule has 3 aromatic carbocycles. The number of aromatic nitrogens is 3. The number of thioether (sulfide) groups is 1. The lowest BCUT2D eigenvalue weighted by Gasteiger charge is -2.12. The van der Waals surface area contributed by atoms with E-state index in [0.29, 0.717) is 23.3 Å². The molecule has 0 atom stereocenters. The highest BCUT2D eigenvalue weighted by molar-refractivity contribution is 7.99. The zero-order valence-corrected chi connectivity index (χ0v) is 21.2. The molecule has 8 nitrogen and oxygen atoms in total. The summed E-state index contributed by atoms with van der Waals surface area (Å²) in [4.78, 5) is 12.6. The summed E-state index contributed by atoms with van der Waals surface area (Å²) < 4.78 is 18.6. The van der Waals surface area contributed by atoms with Crippen molar-refractivity contribution in [3.63, 3.8) is 0 Å². The van der Waals surface area contributed by atoms with E-state index in [1.54, 1.807) is 7.11 Å². The van der Waals surface area contributed by atoms with E-state index in [4.69, 9.17) is 14.2 Å². The number of carbonyl (C=O) groups is 1. The van der Waals surface area contributed by atoms with E-state index in [-0.39, 0.29) is 18.3 Å². The third-order valence-electron chi connectivity index (χ3n) is 5.20. The van der Waals surface area contributed by atoms with Gasteiger partial charge in [0, 0.05) is 11.4 Å². The summed E-state index contributed by atoms with van der Waals surface area (Å²) in [5.74, 6) is 2.89. The van der Waals surface area contributed by atoms with Crippen molar-refractivity contribution in [2.24, 2.45) is 0 Å². The van der Waals surface area contributed by atoms with Crippen LogP contribution in [0, 0.1) is 6.92 Å². The molecule has 0 spiro atoms. The molecule has 1 aromatic heterocycles. The molecule has 0 saturated carbocycles. The van der Waals surface area contributed by atoms with E-state index in [1.165, 1.54) is 11.8 Å². The Labute approximate surface area is 214 Å². The van der Waals surface area contributed by atoms with Crippen molar-refractivity contribution < 1.29 is 19.0 Å². The molecule has 0 bridgehead atoms. The summed E-state index contributed by atoms with van der Waals surface area (Å²) >= 11 is 1.30. The molecule has 0 saturated heterocycles. The van der Waals surface area contributed by atoms with Crippen molar-refractivity contribution in [3.05, 3.63) is 84.2 Å². The van der Waals surface area contributed by atoms with E-state index in [1.807, 2.05) is 91.2 Å². The Bertz CT molecular complexity index is 1270. The lowest BCUT2D eigenvalue weighted by molar-refractivity contribution is -0.113. The molecule has 1 heterocycles. The predicted octanol–water partition coefficient (Wildman–Crippen LogP) is 5.29. The molecule has 186 valence electrons. The van der Waals surface area contributed by atoms with Gasteiger partial charge in [0.25, 0.3) is 0 Å². The van der Waals surface area contributed by atoms with Gasteiger partial charge in [-0.05, 0) is 74.5 Å². The van der Waals surface area contributed by atoms with Crippen LogP contribution in [0.15, 0.2) is 78.0 Å². The van der Waals surface area contributed by atoms with Gasteiger partial charge in [0.15, 0.2) is 11.0 Å². The van der Waals surface area contributed by atoms with Crippen molar-refractivity contribution in [1.29, 1.82) is 0 Å². The molecule has 0 fully saturated rings. The van der Waals surface area contributed by atoms with Crippen molar-refractivity contribution in [2.45, 2.75) is 25.6 Å². The number of methoxy groups -OCH3 is 1. The molecule has 0 aliphatic rings. The second-order valence-electron chi connectivity index (χ2n) is 7.83. The van der Waals surface area contributed by atoms with Crippen molar-refractivity contribution in [3.8, 4) is 22.9 Å². The maximum atomic E-state index is 12.6. The quantitative estimate of drug-likeness (QED) is 0.278. The molecule has 4 aromatic rings. The first-order chi connectivity index (χ1) is 17.6. The molecule has 0 aliphatic heterocycles. The van der Waals surface area contributed by atoms with Gasteiger partial charge in [-0.25, -0.2) is 0 Å². The van der Waals surface area contributed by atoms with Crippen molar-refractivity contribution >= 4 is 23.4 Å². The molecule has 0 aliphatic carbocycles. The molecular formula is C27H28N4O4S. The molecule has 36 heavy (non-hydrogen) atoms. The number of hydrogen-bond acceptors (Lipinski definition) is 7. The Balaban J connectivity index is 1.47. The van der Waals surface area contributed by atoms with Gasteiger partial charge in [-0.1, -0.05) is 29.5 Å². The van der Waals surface area contributed by atoms with Gasteiger partial charge in [0.2, 0.25) is 5.91 Å². The summed E-state index contributed by atoms with van der Waals surface area (Å²) in [5, 5.41) is 12.2. The normalized spacial score (nSPS) is 10.6. The first-order valence-electron chi connectivity index (χ1n) is 11.5. The largest absolute Gasteiger partial charge is 0.497 e. The minimum atomic E-state index is -0.147. The Hall–Kier alpha value is -3.98. The van der Waals surface area contributed by atoms with Gasteiger partial charge < -0.3 is 19.5 Å². The van der Waals surface area contributed by atoms with E-state index in [2.05, 4.69) is 15.5 Å². The van der Waals surface area contributed by atoms with Gasteiger partial charge in [0.1, 0.15) is 23.9 Å². The van der Waals surface area contributed by atoms with Crippen molar-refractivity contribution in [1.82, 2.24) is 14.8 Å². The number of nitrogens with zero attached hydrogens (tertiary/aromatic N) is 3. The van der Waals surface area contributed by atoms with Crippen LogP contribution in [0.1, 0.15) is 18.3 Å². The van der Waals surface area contributed by atoms with Gasteiger partial charge in [-0.3, -0.25) is 9.36 Å². The summed E-state index contributed by atoms with van der Waals surface area (Å²) in [6.07, 6.45) is 0. The first-order valence-corrected chi connectivity index (χ1v) is 12.5. The second kappa shape index (κ2) is 12.1. The average Bonchev–Trinajstić information content (AvgIpc) is 3.31. The Morgan fingerprint density at radius 3 is 2.19 bits per heavy atom. The van der Waals surface area contributed by atoms with Crippen LogP contribution in [-0.2, 0) is 11.4 Å². The fourth-order valence-electron chi connectivity index (χ4n) is 3.39. The van der Waals surface area contributed by atoms with Crippen LogP contribution in [0.4, 0.5) is 5.69 Å². The topological polar surface area (TPSA) is 87.5 Å². The second-order valence-corrected chi connectivity index (χ2v) is 8.77. The lowest BCUT2D eigenvalue weighted by Crippen LogP contribution is -2.14. The van der Waals surface area contributed by atoms with Crippen LogP contribution in [0.25, 0.3) is 5.69 Å².